The van der Waals surface area contributed by atoms with Gasteiger partial charge >= 0.3 is 0 Å². The molecule has 0 radical (unpaired) electrons. The lowest BCUT2D eigenvalue weighted by molar-refractivity contribution is 0.370. The molecular formula is C16H26N2S. The normalized spacial score (nSPS) is 28.8. The van der Waals surface area contributed by atoms with Crippen LogP contribution in [0.1, 0.15) is 39.5 Å². The van der Waals surface area contributed by atoms with Crippen LogP contribution in [0.15, 0.2) is 23.8 Å². The van der Waals surface area contributed by atoms with Crippen molar-refractivity contribution in [2.24, 2.45) is 17.3 Å². The van der Waals surface area contributed by atoms with Gasteiger partial charge in [-0.1, -0.05) is 31.1 Å². The summed E-state index contributed by atoms with van der Waals surface area (Å²) in [6.45, 7) is 9.76. The van der Waals surface area contributed by atoms with Crippen LogP contribution >= 0.6 is 12.2 Å². The molecule has 2 nitrogen and oxygen atoms in total. The molecule has 19 heavy (non-hydrogen) atoms. The average molecular weight is 278 g/mol. The van der Waals surface area contributed by atoms with Crippen LogP contribution in [0.4, 0.5) is 0 Å². The summed E-state index contributed by atoms with van der Waals surface area (Å²) >= 11 is 5.20. The van der Waals surface area contributed by atoms with Crippen LogP contribution in [-0.4, -0.2) is 18.7 Å². The van der Waals surface area contributed by atoms with Crippen molar-refractivity contribution < 1.29 is 0 Å². The van der Waals surface area contributed by atoms with Gasteiger partial charge in [0.1, 0.15) is 0 Å². The maximum atomic E-state index is 5.20. The Labute approximate surface area is 122 Å². The first-order chi connectivity index (χ1) is 8.99. The molecule has 0 aromatic heterocycles. The summed E-state index contributed by atoms with van der Waals surface area (Å²) in [5.74, 6) is 1.18. The van der Waals surface area contributed by atoms with Crippen LogP contribution in [0.5, 0.6) is 0 Å². The van der Waals surface area contributed by atoms with Crippen molar-refractivity contribution in [3.8, 4) is 0 Å². The fourth-order valence-electron chi connectivity index (χ4n) is 3.71. The summed E-state index contributed by atoms with van der Waals surface area (Å²) in [7, 11) is 1.87. The van der Waals surface area contributed by atoms with Gasteiger partial charge in [0, 0.05) is 19.5 Å². The van der Waals surface area contributed by atoms with Gasteiger partial charge in [0.2, 0.25) is 0 Å². The lowest BCUT2D eigenvalue weighted by atomic mass is 9.72. The maximum Gasteiger partial charge on any atom is 0.166 e. The van der Waals surface area contributed by atoms with E-state index < -0.39 is 0 Å². The van der Waals surface area contributed by atoms with Crippen molar-refractivity contribution in [1.82, 2.24) is 10.6 Å². The Morgan fingerprint density at radius 2 is 2.21 bits per heavy atom. The Hall–Kier alpha value is -0.830. The van der Waals surface area contributed by atoms with Crippen LogP contribution < -0.4 is 10.6 Å². The van der Waals surface area contributed by atoms with Gasteiger partial charge in [0.15, 0.2) is 5.11 Å². The molecule has 106 valence electrons. The largest absolute Gasteiger partial charge is 0.366 e. The Morgan fingerprint density at radius 3 is 2.84 bits per heavy atom. The number of nitrogens with one attached hydrogen (secondary N) is 2. The smallest absolute Gasteiger partial charge is 0.166 e. The minimum atomic E-state index is 0.406. The number of rotatable bonds is 3. The zero-order chi connectivity index (χ0) is 14.0. The first-order valence-electron chi connectivity index (χ1n) is 7.30. The Kier molecular flexibility index (Phi) is 4.34. The number of hydrogen-bond donors (Lipinski definition) is 2. The van der Waals surface area contributed by atoms with Crippen LogP contribution in [0.2, 0.25) is 0 Å². The highest BCUT2D eigenvalue weighted by atomic mass is 32.1. The zero-order valence-electron chi connectivity index (χ0n) is 12.4. The van der Waals surface area contributed by atoms with Gasteiger partial charge in [0.25, 0.3) is 0 Å². The highest BCUT2D eigenvalue weighted by Gasteiger charge is 2.39. The lowest BCUT2D eigenvalue weighted by Gasteiger charge is -2.35. The van der Waals surface area contributed by atoms with Crippen LogP contribution in [0.25, 0.3) is 0 Å². The summed E-state index contributed by atoms with van der Waals surface area (Å²) in [5.41, 5.74) is 3.81. The minimum Gasteiger partial charge on any atom is -0.366 e. The number of allylic oxidation sites excluding steroid dienone is 2. The predicted molar refractivity (Wildman–Crippen MR) is 86.1 cm³/mol. The van der Waals surface area contributed by atoms with Crippen molar-refractivity contribution in [3.63, 3.8) is 0 Å². The van der Waals surface area contributed by atoms with Gasteiger partial charge < -0.3 is 10.6 Å². The third-order valence-electron chi connectivity index (χ3n) is 4.93. The van der Waals surface area contributed by atoms with Gasteiger partial charge in [-0.2, -0.15) is 0 Å². The second-order valence-electron chi connectivity index (χ2n) is 6.39. The van der Waals surface area contributed by atoms with E-state index in [1.807, 2.05) is 7.05 Å². The van der Waals surface area contributed by atoms with E-state index in [9.17, 15) is 0 Å². The summed E-state index contributed by atoms with van der Waals surface area (Å²) in [6, 6.07) is 0. The third-order valence-corrected chi connectivity index (χ3v) is 5.28. The van der Waals surface area contributed by atoms with E-state index in [-0.39, 0.29) is 0 Å². The lowest BCUT2D eigenvalue weighted by Crippen LogP contribution is -2.39. The average Bonchev–Trinajstić information content (AvgIpc) is 2.71. The summed E-state index contributed by atoms with van der Waals surface area (Å²) in [4.78, 5) is 0. The molecule has 0 aromatic carbocycles. The van der Waals surface area contributed by atoms with Crippen molar-refractivity contribution in [1.29, 1.82) is 0 Å². The van der Waals surface area contributed by atoms with Gasteiger partial charge in [-0.05, 0) is 49.2 Å². The molecule has 2 aliphatic rings. The summed E-state index contributed by atoms with van der Waals surface area (Å²) in [5, 5.41) is 7.08. The fourth-order valence-corrected chi connectivity index (χ4v) is 3.79. The van der Waals surface area contributed by atoms with Crippen LogP contribution in [0.3, 0.4) is 0 Å². The maximum absolute atomic E-state index is 5.20. The zero-order valence-corrected chi connectivity index (χ0v) is 13.2. The van der Waals surface area contributed by atoms with Crippen molar-refractivity contribution >= 4 is 17.3 Å². The van der Waals surface area contributed by atoms with E-state index in [2.05, 4.69) is 37.1 Å². The molecule has 2 atom stereocenters. The predicted octanol–water partition coefficient (Wildman–Crippen LogP) is 3.41. The van der Waals surface area contributed by atoms with E-state index in [0.717, 1.165) is 11.7 Å². The second-order valence-corrected chi connectivity index (χ2v) is 6.80. The molecule has 0 bridgehead atoms. The Bertz CT molecular complexity index is 409. The molecule has 0 amide bonds. The van der Waals surface area contributed by atoms with Gasteiger partial charge in [0.05, 0.1) is 0 Å². The van der Waals surface area contributed by atoms with E-state index in [4.69, 9.17) is 12.2 Å². The second kappa shape index (κ2) is 5.66. The SMILES string of the molecule is C=C[C@H]1CCC2=C(CCC2(C)C)[C@@H]1CNC(=S)NC. The summed E-state index contributed by atoms with van der Waals surface area (Å²) in [6.07, 6.45) is 7.19. The molecule has 0 saturated carbocycles. The monoisotopic (exact) mass is 278 g/mol. The molecule has 0 saturated heterocycles. The third kappa shape index (κ3) is 2.86. The highest BCUT2D eigenvalue weighted by molar-refractivity contribution is 7.80. The fraction of sp³-hybridized carbons (Fsp3) is 0.688. The standard InChI is InChI=1S/C16H26N2S/c1-5-11-6-7-14-12(8-9-16(14,2)3)13(11)10-18-15(19)17-4/h5,11,13H,1,6-10H2,2-4H3,(H2,17,18,19)/t11-,13+/m0/s1. The van der Waals surface area contributed by atoms with Crippen molar-refractivity contribution in [2.45, 2.75) is 39.5 Å². The minimum absolute atomic E-state index is 0.406. The summed E-state index contributed by atoms with van der Waals surface area (Å²) < 4.78 is 0. The number of thiocarbonyl (C=S) groups is 1. The highest BCUT2D eigenvalue weighted by Crippen LogP contribution is 2.51. The molecule has 0 spiro atoms. The molecule has 0 fully saturated rings. The quantitative estimate of drug-likeness (QED) is 0.611. The molecule has 2 aliphatic carbocycles. The molecule has 0 heterocycles. The number of hydrogen-bond acceptors (Lipinski definition) is 1. The molecule has 2 rings (SSSR count). The van der Waals surface area contributed by atoms with E-state index in [1.165, 1.54) is 25.7 Å². The van der Waals surface area contributed by atoms with Crippen LogP contribution in [0, 0.1) is 17.3 Å². The molecule has 0 aliphatic heterocycles. The Balaban J connectivity index is 2.18. The van der Waals surface area contributed by atoms with Crippen molar-refractivity contribution in [3.05, 3.63) is 23.8 Å². The Morgan fingerprint density at radius 1 is 1.47 bits per heavy atom. The first-order valence-corrected chi connectivity index (χ1v) is 7.71. The van der Waals surface area contributed by atoms with Crippen molar-refractivity contribution in [2.75, 3.05) is 13.6 Å². The van der Waals surface area contributed by atoms with E-state index >= 15 is 0 Å². The van der Waals surface area contributed by atoms with E-state index in [1.54, 1.807) is 11.1 Å². The first kappa shape index (κ1) is 14.6. The van der Waals surface area contributed by atoms with Crippen LogP contribution in [-0.2, 0) is 0 Å². The molecule has 2 N–H and O–H groups in total. The molecule has 0 aromatic rings. The molecule has 0 unspecified atom stereocenters. The molecular weight excluding hydrogens is 252 g/mol. The topological polar surface area (TPSA) is 24.1 Å². The molecule has 3 heteroatoms. The van der Waals surface area contributed by atoms with E-state index in [0.29, 0.717) is 17.3 Å². The van der Waals surface area contributed by atoms with Gasteiger partial charge in [-0.15, -0.1) is 6.58 Å². The van der Waals surface area contributed by atoms with Gasteiger partial charge in [-0.3, -0.25) is 0 Å². The van der Waals surface area contributed by atoms with Gasteiger partial charge in [-0.25, -0.2) is 0 Å².